The van der Waals surface area contributed by atoms with E-state index in [9.17, 15) is 5.11 Å². The Hall–Kier alpha value is -0.900. The molecule has 1 unspecified atom stereocenters. The van der Waals surface area contributed by atoms with Crippen molar-refractivity contribution in [2.45, 2.75) is 70.2 Å². The van der Waals surface area contributed by atoms with Crippen molar-refractivity contribution >= 4 is 0 Å². The molecule has 0 radical (unpaired) electrons. The Kier molecular flexibility index (Phi) is 5.07. The summed E-state index contributed by atoms with van der Waals surface area (Å²) in [5.41, 5.74) is 1.33. The van der Waals surface area contributed by atoms with E-state index in [0.29, 0.717) is 6.04 Å². The van der Waals surface area contributed by atoms with Crippen LogP contribution < -0.4 is 10.6 Å². The van der Waals surface area contributed by atoms with Crippen LogP contribution in [0.25, 0.3) is 0 Å². The second-order valence-corrected chi connectivity index (χ2v) is 7.67. The minimum absolute atomic E-state index is 0.164. The molecule has 3 N–H and O–H groups in total. The van der Waals surface area contributed by atoms with Crippen LogP contribution in [0.4, 0.5) is 0 Å². The summed E-state index contributed by atoms with van der Waals surface area (Å²) in [4.78, 5) is 0. The van der Waals surface area contributed by atoms with Gasteiger partial charge >= 0.3 is 0 Å². The van der Waals surface area contributed by atoms with Gasteiger partial charge < -0.3 is 15.7 Å². The number of aliphatic hydroxyl groups is 1. The molecule has 21 heavy (non-hydrogen) atoms. The molecule has 1 aromatic carbocycles. The van der Waals surface area contributed by atoms with E-state index in [-0.39, 0.29) is 17.2 Å². The predicted octanol–water partition coefficient (Wildman–Crippen LogP) is 3.01. The molecule has 0 saturated carbocycles. The first-order chi connectivity index (χ1) is 9.77. The topological polar surface area (TPSA) is 44.3 Å². The second kappa shape index (κ2) is 6.47. The minimum atomic E-state index is -0.374. The van der Waals surface area contributed by atoms with Gasteiger partial charge in [0.05, 0.1) is 6.10 Å². The summed E-state index contributed by atoms with van der Waals surface area (Å²) in [6, 6.07) is 10.4. The van der Waals surface area contributed by atoms with Crippen LogP contribution in [0.2, 0.25) is 0 Å². The Bertz CT molecular complexity index is 426. The van der Waals surface area contributed by atoms with Gasteiger partial charge in [-0.05, 0) is 59.1 Å². The molecule has 118 valence electrons. The van der Waals surface area contributed by atoms with Crippen molar-refractivity contribution in [2.24, 2.45) is 0 Å². The molecule has 1 heterocycles. The lowest BCUT2D eigenvalue weighted by atomic mass is 9.79. The van der Waals surface area contributed by atoms with Gasteiger partial charge in [0.25, 0.3) is 0 Å². The van der Waals surface area contributed by atoms with E-state index in [0.717, 1.165) is 31.4 Å². The highest BCUT2D eigenvalue weighted by molar-refractivity contribution is 5.17. The molecule has 0 amide bonds. The summed E-state index contributed by atoms with van der Waals surface area (Å²) < 4.78 is 0. The molecule has 0 spiro atoms. The lowest BCUT2D eigenvalue weighted by molar-refractivity contribution is 0.135. The predicted molar refractivity (Wildman–Crippen MR) is 88.3 cm³/mol. The molecule has 3 nitrogen and oxygen atoms in total. The molecular weight excluding hydrogens is 260 g/mol. The fourth-order valence-electron chi connectivity index (χ4n) is 3.73. The van der Waals surface area contributed by atoms with Crippen molar-refractivity contribution in [3.8, 4) is 0 Å². The highest BCUT2D eigenvalue weighted by Crippen LogP contribution is 2.28. The number of piperidine rings is 1. The van der Waals surface area contributed by atoms with Crippen LogP contribution in [0.15, 0.2) is 30.3 Å². The molecule has 2 rings (SSSR count). The fraction of sp³-hybridized carbons (Fsp3) is 0.667. The molecule has 0 bridgehead atoms. The minimum Gasteiger partial charge on any atom is -0.388 e. The third kappa shape index (κ3) is 5.10. The summed E-state index contributed by atoms with van der Waals surface area (Å²) in [6.45, 7) is 9.92. The van der Waals surface area contributed by atoms with Crippen LogP contribution in [-0.4, -0.2) is 28.8 Å². The van der Waals surface area contributed by atoms with E-state index in [1.54, 1.807) is 0 Å². The van der Waals surface area contributed by atoms with Crippen molar-refractivity contribution in [1.82, 2.24) is 10.6 Å². The Labute approximate surface area is 129 Å². The Morgan fingerprint density at radius 2 is 1.71 bits per heavy atom. The SMILES string of the molecule is CC1(C)CC(NCCC(O)c2ccccc2)CC(C)(C)N1. The van der Waals surface area contributed by atoms with Gasteiger partial charge in [-0.3, -0.25) is 0 Å². The number of aliphatic hydroxyl groups excluding tert-OH is 1. The van der Waals surface area contributed by atoms with E-state index < -0.39 is 0 Å². The van der Waals surface area contributed by atoms with Crippen LogP contribution in [0, 0.1) is 0 Å². The van der Waals surface area contributed by atoms with Crippen molar-refractivity contribution < 1.29 is 5.11 Å². The molecule has 3 heteroatoms. The average molecular weight is 290 g/mol. The highest BCUT2D eigenvalue weighted by atomic mass is 16.3. The monoisotopic (exact) mass is 290 g/mol. The van der Waals surface area contributed by atoms with Crippen LogP contribution in [-0.2, 0) is 0 Å². The molecule has 1 fully saturated rings. The van der Waals surface area contributed by atoms with Gasteiger partial charge in [0.1, 0.15) is 0 Å². The Balaban J connectivity index is 1.80. The lowest BCUT2D eigenvalue weighted by Gasteiger charge is -2.46. The molecule has 0 aliphatic carbocycles. The Morgan fingerprint density at radius 3 is 2.29 bits per heavy atom. The number of nitrogens with one attached hydrogen (secondary N) is 2. The summed E-state index contributed by atoms with van der Waals surface area (Å²) in [7, 11) is 0. The first-order valence-electron chi connectivity index (χ1n) is 8.03. The van der Waals surface area contributed by atoms with Gasteiger partial charge in [0.2, 0.25) is 0 Å². The average Bonchev–Trinajstić information content (AvgIpc) is 2.36. The van der Waals surface area contributed by atoms with Crippen molar-refractivity contribution in [3.05, 3.63) is 35.9 Å². The van der Waals surface area contributed by atoms with E-state index in [2.05, 4.69) is 38.3 Å². The number of rotatable bonds is 5. The van der Waals surface area contributed by atoms with Gasteiger partial charge in [-0.2, -0.15) is 0 Å². The van der Waals surface area contributed by atoms with Gasteiger partial charge in [-0.25, -0.2) is 0 Å². The third-order valence-electron chi connectivity index (χ3n) is 4.23. The molecule has 1 aromatic rings. The summed E-state index contributed by atoms with van der Waals surface area (Å²) >= 11 is 0. The molecule has 1 aliphatic heterocycles. The first-order valence-corrected chi connectivity index (χ1v) is 8.03. The van der Waals surface area contributed by atoms with E-state index >= 15 is 0 Å². The fourth-order valence-corrected chi connectivity index (χ4v) is 3.73. The second-order valence-electron chi connectivity index (χ2n) is 7.67. The van der Waals surface area contributed by atoms with E-state index in [4.69, 9.17) is 0 Å². The van der Waals surface area contributed by atoms with Crippen molar-refractivity contribution in [3.63, 3.8) is 0 Å². The maximum atomic E-state index is 10.2. The van der Waals surface area contributed by atoms with Crippen molar-refractivity contribution in [1.29, 1.82) is 0 Å². The smallest absolute Gasteiger partial charge is 0.0802 e. The summed E-state index contributed by atoms with van der Waals surface area (Å²) in [6.07, 6.45) is 2.63. The largest absolute Gasteiger partial charge is 0.388 e. The molecule has 1 atom stereocenters. The summed E-state index contributed by atoms with van der Waals surface area (Å²) in [5.74, 6) is 0. The Morgan fingerprint density at radius 1 is 1.14 bits per heavy atom. The van der Waals surface area contributed by atoms with Crippen LogP contribution >= 0.6 is 0 Å². The number of hydrogen-bond donors (Lipinski definition) is 3. The maximum absolute atomic E-state index is 10.2. The molecular formula is C18H30N2O. The highest BCUT2D eigenvalue weighted by Gasteiger charge is 2.37. The zero-order chi connectivity index (χ0) is 15.5. The molecule has 1 aliphatic rings. The van der Waals surface area contributed by atoms with Gasteiger partial charge in [-0.1, -0.05) is 30.3 Å². The lowest BCUT2D eigenvalue weighted by Crippen LogP contribution is -2.61. The molecule has 0 aromatic heterocycles. The zero-order valence-electron chi connectivity index (χ0n) is 13.8. The molecule has 1 saturated heterocycles. The number of hydrogen-bond acceptors (Lipinski definition) is 3. The quantitative estimate of drug-likeness (QED) is 0.781. The van der Waals surface area contributed by atoms with Gasteiger partial charge in [0, 0.05) is 17.1 Å². The van der Waals surface area contributed by atoms with Gasteiger partial charge in [-0.15, -0.1) is 0 Å². The standard InChI is InChI=1S/C18H30N2O/c1-17(2)12-15(13-18(3,4)20-17)19-11-10-16(21)14-8-6-5-7-9-14/h5-9,15-16,19-21H,10-13H2,1-4H3. The van der Waals surface area contributed by atoms with E-state index in [1.807, 2.05) is 30.3 Å². The van der Waals surface area contributed by atoms with Gasteiger partial charge in [0.15, 0.2) is 0 Å². The van der Waals surface area contributed by atoms with Crippen LogP contribution in [0.1, 0.15) is 58.6 Å². The van der Waals surface area contributed by atoms with Crippen LogP contribution in [0.5, 0.6) is 0 Å². The van der Waals surface area contributed by atoms with E-state index in [1.165, 1.54) is 0 Å². The zero-order valence-corrected chi connectivity index (χ0v) is 13.8. The first kappa shape index (κ1) is 16.5. The summed E-state index contributed by atoms with van der Waals surface area (Å²) in [5, 5.41) is 17.5. The van der Waals surface area contributed by atoms with Crippen molar-refractivity contribution in [2.75, 3.05) is 6.54 Å². The van der Waals surface area contributed by atoms with Crippen LogP contribution in [0.3, 0.4) is 0 Å². The number of benzene rings is 1. The maximum Gasteiger partial charge on any atom is 0.0802 e. The third-order valence-corrected chi connectivity index (χ3v) is 4.23. The normalized spacial score (nSPS) is 22.9.